The van der Waals surface area contributed by atoms with Crippen molar-refractivity contribution in [2.24, 2.45) is 0 Å². The van der Waals surface area contributed by atoms with E-state index in [0.29, 0.717) is 78.5 Å². The number of ether oxygens (including phenoxy) is 5. The van der Waals surface area contributed by atoms with Crippen molar-refractivity contribution in [3.8, 4) is 63.4 Å². The van der Waals surface area contributed by atoms with Crippen molar-refractivity contribution >= 4 is 45.3 Å². The minimum Gasteiger partial charge on any atom is -0.507 e. The van der Waals surface area contributed by atoms with Gasteiger partial charge in [-0.15, -0.1) is 45.3 Å². The van der Waals surface area contributed by atoms with E-state index in [0.717, 1.165) is 76.9 Å². The second-order valence-corrected chi connectivity index (χ2v) is 19.7. The molecule has 320 valence electrons. The molecule has 1 aliphatic heterocycles. The third-order valence-corrected chi connectivity index (χ3v) is 15.8. The molecule has 63 heavy (non-hydrogen) atoms. The lowest BCUT2D eigenvalue weighted by molar-refractivity contribution is 0.00484. The third kappa shape index (κ3) is 9.37. The number of para-hydroxylation sites is 2. The van der Waals surface area contributed by atoms with Crippen molar-refractivity contribution < 1.29 is 33.9 Å². The van der Waals surface area contributed by atoms with Crippen LogP contribution in [0.2, 0.25) is 0 Å². The fraction of sp³-hybridized carbons (Fsp3) is 0.231. The quantitative estimate of drug-likeness (QED) is 0.182. The fourth-order valence-electron chi connectivity index (χ4n) is 8.40. The lowest BCUT2D eigenvalue weighted by atomic mass is 9.89. The average Bonchev–Trinajstić information content (AvgIpc) is 4.14. The molecule has 8 aromatic rings. The Morgan fingerprint density at radius 2 is 0.698 bits per heavy atom. The van der Waals surface area contributed by atoms with Crippen molar-refractivity contribution in [3.05, 3.63) is 164 Å². The maximum absolute atomic E-state index is 12.3. The summed E-state index contributed by atoms with van der Waals surface area (Å²) in [4.78, 5) is 7.15. The van der Waals surface area contributed by atoms with E-state index in [2.05, 4.69) is 120 Å². The van der Waals surface area contributed by atoms with E-state index in [9.17, 15) is 10.2 Å². The first-order chi connectivity index (χ1) is 31.0. The Morgan fingerprint density at radius 3 is 1.05 bits per heavy atom. The van der Waals surface area contributed by atoms with Crippen molar-refractivity contribution in [3.63, 3.8) is 0 Å². The highest BCUT2D eigenvalue weighted by Gasteiger charge is 2.23. The highest BCUT2D eigenvalue weighted by molar-refractivity contribution is 7.23. The van der Waals surface area contributed by atoms with Crippen LogP contribution in [0.15, 0.2) is 120 Å². The molecular weight excluding hydrogens is 865 g/mol. The van der Waals surface area contributed by atoms with Crippen molar-refractivity contribution in [1.82, 2.24) is 0 Å². The van der Waals surface area contributed by atoms with Crippen molar-refractivity contribution in [1.29, 1.82) is 0 Å². The molecule has 0 saturated heterocycles. The second kappa shape index (κ2) is 19.2. The third-order valence-electron chi connectivity index (χ3n) is 11.4. The molecule has 10 rings (SSSR count). The minimum atomic E-state index is 0.257. The summed E-state index contributed by atoms with van der Waals surface area (Å²) in [6.45, 7) is 3.15. The van der Waals surface area contributed by atoms with Gasteiger partial charge in [-0.25, -0.2) is 0 Å². The maximum atomic E-state index is 12.3. The van der Waals surface area contributed by atoms with E-state index < -0.39 is 0 Å². The summed E-state index contributed by atoms with van der Waals surface area (Å²) < 4.78 is 31.1. The smallest absolute Gasteiger partial charge is 0.126 e. The van der Waals surface area contributed by atoms with E-state index in [4.69, 9.17) is 23.7 Å². The van der Waals surface area contributed by atoms with Gasteiger partial charge in [-0.2, -0.15) is 0 Å². The largest absolute Gasteiger partial charge is 0.507 e. The van der Waals surface area contributed by atoms with Crippen LogP contribution in [0.3, 0.4) is 0 Å². The standard InChI is InChI=1S/C52H46O7S4/c53-49-39-25-33-5-1-6-34-26-40-30-38(44-12-14-48(63-44)46-10-4-24-61-46)32-42(50(40)54)28-36-8-2-7-35(52(36)59-22-20-57-18-16-55-15-17-56-19-21-58-51(33)34)27-41(49)31-37(29-39)43-11-13-47(62-43)45-9-3-23-60-45/h1-14,23-24,29-32,53-54H,15-22,25-28H2. The highest BCUT2D eigenvalue weighted by atomic mass is 32.1. The summed E-state index contributed by atoms with van der Waals surface area (Å²) in [7, 11) is 0. The van der Waals surface area contributed by atoms with E-state index in [-0.39, 0.29) is 11.5 Å². The van der Waals surface area contributed by atoms with Crippen molar-refractivity contribution in [2.45, 2.75) is 25.7 Å². The van der Waals surface area contributed by atoms with Gasteiger partial charge in [-0.1, -0.05) is 48.5 Å². The zero-order valence-corrected chi connectivity index (χ0v) is 37.9. The van der Waals surface area contributed by atoms with Gasteiger partial charge in [-0.05, 0) is 127 Å². The topological polar surface area (TPSA) is 86.6 Å². The molecule has 0 atom stereocenters. The zero-order chi connectivity index (χ0) is 42.5. The first-order valence-corrected chi connectivity index (χ1v) is 24.6. The van der Waals surface area contributed by atoms with Gasteiger partial charge >= 0.3 is 0 Å². The minimum absolute atomic E-state index is 0.257. The Bertz CT molecular complexity index is 2540. The predicted molar refractivity (Wildman–Crippen MR) is 257 cm³/mol. The van der Waals surface area contributed by atoms with Crippen LogP contribution in [0, 0.1) is 0 Å². The van der Waals surface area contributed by atoms with Crippen LogP contribution in [0.1, 0.15) is 44.5 Å². The summed E-state index contributed by atoms with van der Waals surface area (Å²) in [6, 6.07) is 38.2. The lowest BCUT2D eigenvalue weighted by Crippen LogP contribution is -2.15. The second-order valence-electron chi connectivity index (χ2n) is 15.6. The summed E-state index contributed by atoms with van der Waals surface area (Å²) in [5.41, 5.74) is 9.06. The molecule has 2 aliphatic rings. The molecule has 4 aromatic carbocycles. The molecule has 2 N–H and O–H groups in total. The molecular formula is C52H46O7S4. The van der Waals surface area contributed by atoms with Gasteiger partial charge < -0.3 is 33.9 Å². The Kier molecular flexibility index (Phi) is 12.8. The number of phenols is 2. The van der Waals surface area contributed by atoms with E-state index >= 15 is 0 Å². The number of aromatic hydroxyl groups is 2. The Morgan fingerprint density at radius 1 is 0.349 bits per heavy atom. The molecule has 0 saturated carbocycles. The summed E-state index contributed by atoms with van der Waals surface area (Å²) in [5.74, 6) is 1.98. The molecule has 0 radical (unpaired) electrons. The lowest BCUT2D eigenvalue weighted by Gasteiger charge is -2.21. The average molecular weight is 911 g/mol. The summed E-state index contributed by atoms with van der Waals surface area (Å²) in [5, 5.41) is 28.9. The number of thiophene rings is 4. The zero-order valence-electron chi connectivity index (χ0n) is 34.6. The Hall–Kier alpha value is -5.24. The Labute approximate surface area is 383 Å². The van der Waals surface area contributed by atoms with Crippen LogP contribution in [0.5, 0.6) is 23.0 Å². The van der Waals surface area contributed by atoms with Crippen LogP contribution >= 0.6 is 45.3 Å². The molecule has 1 aliphatic carbocycles. The van der Waals surface area contributed by atoms with Gasteiger partial charge in [0.15, 0.2) is 0 Å². The normalized spacial score (nSPS) is 15.0. The fourth-order valence-corrected chi connectivity index (χ4v) is 12.1. The van der Waals surface area contributed by atoms with Crippen LogP contribution in [0.4, 0.5) is 0 Å². The summed E-state index contributed by atoms with van der Waals surface area (Å²) in [6.07, 6.45) is 1.69. The molecule has 0 amide bonds. The number of hydrogen-bond donors (Lipinski definition) is 2. The van der Waals surface area contributed by atoms with Crippen LogP contribution in [-0.2, 0) is 39.9 Å². The Balaban J connectivity index is 1.15. The molecule has 5 heterocycles. The molecule has 4 aromatic heterocycles. The molecule has 0 unspecified atom stereocenters. The first-order valence-electron chi connectivity index (χ1n) is 21.2. The number of rotatable bonds is 4. The number of benzene rings is 4. The SMILES string of the molecule is Oc1c2cc(-c3ccc(-c4cccs4)s3)cc1Cc1cccc3c1OCCOCCOCCOCCOc1c(cccc1Cc1cc(-c4ccc(-c5cccs5)s4)cc(c1O)C3)C2. The molecule has 0 spiro atoms. The maximum Gasteiger partial charge on any atom is 0.126 e. The van der Waals surface area contributed by atoms with E-state index in [1.54, 1.807) is 45.3 Å². The molecule has 11 heteroatoms. The molecule has 7 nitrogen and oxygen atoms in total. The van der Waals surface area contributed by atoms with E-state index in [1.807, 2.05) is 0 Å². The first kappa shape index (κ1) is 41.8. The highest BCUT2D eigenvalue weighted by Crippen LogP contribution is 2.44. The van der Waals surface area contributed by atoms with Crippen molar-refractivity contribution in [2.75, 3.05) is 52.9 Å². The van der Waals surface area contributed by atoms with Crippen LogP contribution < -0.4 is 9.47 Å². The van der Waals surface area contributed by atoms with Crippen LogP contribution in [0.25, 0.3) is 40.4 Å². The summed E-state index contributed by atoms with van der Waals surface area (Å²) >= 11 is 6.99. The van der Waals surface area contributed by atoms with Gasteiger partial charge in [0.05, 0.1) is 39.6 Å². The van der Waals surface area contributed by atoms with Gasteiger partial charge in [0.2, 0.25) is 0 Å². The molecule has 10 bridgehead atoms. The predicted octanol–water partition coefficient (Wildman–Crippen LogP) is 12.5. The molecule has 0 fully saturated rings. The number of hydrogen-bond acceptors (Lipinski definition) is 11. The van der Waals surface area contributed by atoms with Gasteiger partial charge in [0, 0.05) is 54.9 Å². The van der Waals surface area contributed by atoms with E-state index in [1.165, 1.54) is 19.5 Å². The number of fused-ring (bicyclic) bond motifs is 2. The van der Waals surface area contributed by atoms with Gasteiger partial charge in [-0.3, -0.25) is 0 Å². The van der Waals surface area contributed by atoms with Crippen LogP contribution in [-0.4, -0.2) is 63.1 Å². The number of phenolic OH excluding ortho intramolecular Hbond substituents is 2. The van der Waals surface area contributed by atoms with Gasteiger partial charge in [0.1, 0.15) is 36.2 Å². The monoisotopic (exact) mass is 910 g/mol. The van der Waals surface area contributed by atoms with Gasteiger partial charge in [0.25, 0.3) is 0 Å².